The lowest BCUT2D eigenvalue weighted by molar-refractivity contribution is -0.148. The zero-order valence-corrected chi connectivity index (χ0v) is 14.6. The largest absolute Gasteiger partial charge is 0.459 e. The maximum absolute atomic E-state index is 12.1. The van der Waals surface area contributed by atoms with Gasteiger partial charge in [0.2, 0.25) is 5.91 Å². The summed E-state index contributed by atoms with van der Waals surface area (Å²) >= 11 is 0. The Balaban J connectivity index is 1.91. The van der Waals surface area contributed by atoms with Crippen LogP contribution in [0.5, 0.6) is 0 Å². The predicted octanol–water partition coefficient (Wildman–Crippen LogP) is 1.30. The average molecular weight is 356 g/mol. The second-order valence-corrected chi connectivity index (χ2v) is 5.79. The number of esters is 1. The number of amides is 1. The number of nitrogens with one attached hydrogen (secondary N) is 1. The Morgan fingerprint density at radius 3 is 2.46 bits per heavy atom. The van der Waals surface area contributed by atoms with E-state index >= 15 is 0 Å². The highest BCUT2D eigenvalue weighted by Crippen LogP contribution is 2.02. The normalized spacial score (nSPS) is 11.5. The molecule has 0 aliphatic carbocycles. The fourth-order valence-corrected chi connectivity index (χ4v) is 2.28. The quantitative estimate of drug-likeness (QED) is 0.596. The Hall–Kier alpha value is -3.22. The van der Waals surface area contributed by atoms with Gasteiger partial charge in [0.1, 0.15) is 19.2 Å². The first-order chi connectivity index (χ1) is 12.4. The SMILES string of the molecule is CC(=O)c1cccn(CC(=O)NC(C)C(=O)OCc2ccccc2)c1=O. The molecule has 7 nitrogen and oxygen atoms in total. The van der Waals surface area contributed by atoms with Crippen molar-refractivity contribution in [3.05, 3.63) is 70.1 Å². The van der Waals surface area contributed by atoms with Crippen LogP contribution in [-0.4, -0.2) is 28.3 Å². The van der Waals surface area contributed by atoms with Gasteiger partial charge in [-0.05, 0) is 31.5 Å². The molecule has 0 aliphatic heterocycles. The van der Waals surface area contributed by atoms with Crippen LogP contribution < -0.4 is 10.9 Å². The first-order valence-corrected chi connectivity index (χ1v) is 8.09. The molecule has 0 bridgehead atoms. The minimum absolute atomic E-state index is 0.00983. The standard InChI is InChI=1S/C19H20N2O5/c1-13(19(25)26-12-15-7-4-3-5-8-15)20-17(23)11-21-10-6-9-16(14(2)22)18(21)24/h3-10,13H,11-12H2,1-2H3,(H,20,23). The van der Waals surface area contributed by atoms with Crippen LogP contribution >= 0.6 is 0 Å². The van der Waals surface area contributed by atoms with Gasteiger partial charge in [-0.25, -0.2) is 4.79 Å². The van der Waals surface area contributed by atoms with E-state index in [1.807, 2.05) is 30.3 Å². The van der Waals surface area contributed by atoms with E-state index in [2.05, 4.69) is 5.32 Å². The molecular formula is C19H20N2O5. The van der Waals surface area contributed by atoms with Gasteiger partial charge in [-0.2, -0.15) is 0 Å². The van der Waals surface area contributed by atoms with Crippen molar-refractivity contribution < 1.29 is 19.1 Å². The highest BCUT2D eigenvalue weighted by atomic mass is 16.5. The van der Waals surface area contributed by atoms with Gasteiger partial charge in [0, 0.05) is 6.20 Å². The summed E-state index contributed by atoms with van der Waals surface area (Å²) in [6, 6.07) is 11.2. The number of Topliss-reactive ketones (excluding diaryl/α,β-unsaturated/α-hetero) is 1. The molecule has 2 aromatic rings. The Bertz CT molecular complexity index is 858. The molecule has 1 heterocycles. The number of hydrogen-bond donors (Lipinski definition) is 1. The van der Waals surface area contributed by atoms with E-state index in [1.54, 1.807) is 0 Å². The highest BCUT2D eigenvalue weighted by molar-refractivity contribution is 5.93. The highest BCUT2D eigenvalue weighted by Gasteiger charge is 2.18. The van der Waals surface area contributed by atoms with Crippen LogP contribution in [-0.2, 0) is 27.5 Å². The number of pyridine rings is 1. The molecule has 0 spiro atoms. The molecule has 0 aliphatic rings. The van der Waals surface area contributed by atoms with Gasteiger partial charge in [-0.3, -0.25) is 14.4 Å². The summed E-state index contributed by atoms with van der Waals surface area (Å²) in [6.45, 7) is 2.60. The summed E-state index contributed by atoms with van der Waals surface area (Å²) in [5.74, 6) is -1.48. The van der Waals surface area contributed by atoms with E-state index in [0.29, 0.717) is 0 Å². The Kier molecular flexibility index (Phi) is 6.43. The minimum Gasteiger partial charge on any atom is -0.459 e. The van der Waals surface area contributed by atoms with Crippen LogP contribution in [0.1, 0.15) is 29.8 Å². The lowest BCUT2D eigenvalue weighted by atomic mass is 10.2. The van der Waals surface area contributed by atoms with Crippen molar-refractivity contribution in [2.75, 3.05) is 0 Å². The molecule has 1 atom stereocenters. The van der Waals surface area contributed by atoms with Gasteiger partial charge >= 0.3 is 5.97 Å². The molecule has 1 aromatic heterocycles. The predicted molar refractivity (Wildman–Crippen MR) is 94.5 cm³/mol. The number of ketones is 1. The summed E-state index contributed by atoms with van der Waals surface area (Å²) < 4.78 is 6.27. The van der Waals surface area contributed by atoms with Gasteiger partial charge in [0.15, 0.2) is 5.78 Å². The molecule has 26 heavy (non-hydrogen) atoms. The summed E-state index contributed by atoms with van der Waals surface area (Å²) in [5.41, 5.74) is 0.303. The fourth-order valence-electron chi connectivity index (χ4n) is 2.28. The van der Waals surface area contributed by atoms with Crippen molar-refractivity contribution >= 4 is 17.7 Å². The second-order valence-electron chi connectivity index (χ2n) is 5.79. The fraction of sp³-hybridized carbons (Fsp3) is 0.263. The number of benzene rings is 1. The van der Waals surface area contributed by atoms with E-state index in [9.17, 15) is 19.2 Å². The number of carbonyl (C=O) groups excluding carboxylic acids is 3. The van der Waals surface area contributed by atoms with E-state index in [4.69, 9.17) is 4.74 Å². The minimum atomic E-state index is -0.863. The van der Waals surface area contributed by atoms with Crippen LogP contribution in [0.25, 0.3) is 0 Å². The number of carbonyl (C=O) groups is 3. The molecule has 1 unspecified atom stereocenters. The summed E-state index contributed by atoms with van der Waals surface area (Å²) in [7, 11) is 0. The Morgan fingerprint density at radius 1 is 1.12 bits per heavy atom. The van der Waals surface area contributed by atoms with Crippen molar-refractivity contribution in [3.8, 4) is 0 Å². The topological polar surface area (TPSA) is 94.5 Å². The summed E-state index contributed by atoms with van der Waals surface area (Å²) in [4.78, 5) is 47.5. The van der Waals surface area contributed by atoms with Crippen molar-refractivity contribution in [1.82, 2.24) is 9.88 Å². The van der Waals surface area contributed by atoms with Crippen molar-refractivity contribution in [2.45, 2.75) is 33.0 Å². The Labute approximate surface area is 150 Å². The zero-order valence-electron chi connectivity index (χ0n) is 14.6. The lowest BCUT2D eigenvalue weighted by Crippen LogP contribution is -2.42. The van der Waals surface area contributed by atoms with Gasteiger partial charge in [0.05, 0.1) is 5.56 Å². The molecule has 1 amide bonds. The van der Waals surface area contributed by atoms with Crippen LogP contribution in [0.2, 0.25) is 0 Å². The molecule has 1 aromatic carbocycles. The van der Waals surface area contributed by atoms with Crippen molar-refractivity contribution in [1.29, 1.82) is 0 Å². The third-order valence-corrected chi connectivity index (χ3v) is 3.67. The van der Waals surface area contributed by atoms with E-state index in [1.165, 1.54) is 32.2 Å². The second kappa shape index (κ2) is 8.75. The zero-order chi connectivity index (χ0) is 19.1. The number of aromatic nitrogens is 1. The summed E-state index contributed by atoms with van der Waals surface area (Å²) in [6.07, 6.45) is 1.41. The Morgan fingerprint density at radius 2 is 1.81 bits per heavy atom. The molecule has 7 heteroatoms. The molecule has 0 saturated heterocycles. The first-order valence-electron chi connectivity index (χ1n) is 8.09. The van der Waals surface area contributed by atoms with Crippen LogP contribution in [0, 0.1) is 0 Å². The van der Waals surface area contributed by atoms with Crippen molar-refractivity contribution in [3.63, 3.8) is 0 Å². The molecule has 0 radical (unpaired) electrons. The number of ether oxygens (including phenoxy) is 1. The number of rotatable bonds is 7. The van der Waals surface area contributed by atoms with E-state index < -0.39 is 23.5 Å². The first kappa shape index (κ1) is 19.1. The smallest absolute Gasteiger partial charge is 0.328 e. The van der Waals surface area contributed by atoms with Gasteiger partial charge in [-0.15, -0.1) is 0 Å². The maximum Gasteiger partial charge on any atom is 0.328 e. The molecule has 0 saturated carbocycles. The molecule has 1 N–H and O–H groups in total. The molecule has 0 fully saturated rings. The maximum atomic E-state index is 12.1. The third kappa shape index (κ3) is 5.14. The van der Waals surface area contributed by atoms with Crippen LogP contribution in [0.3, 0.4) is 0 Å². The van der Waals surface area contributed by atoms with Crippen molar-refractivity contribution in [2.24, 2.45) is 0 Å². The molecule has 2 rings (SSSR count). The van der Waals surface area contributed by atoms with Crippen LogP contribution in [0.15, 0.2) is 53.5 Å². The van der Waals surface area contributed by atoms with Gasteiger partial charge in [0.25, 0.3) is 5.56 Å². The third-order valence-electron chi connectivity index (χ3n) is 3.67. The monoisotopic (exact) mass is 356 g/mol. The number of nitrogens with zero attached hydrogens (tertiary/aromatic N) is 1. The lowest BCUT2D eigenvalue weighted by Gasteiger charge is -2.14. The summed E-state index contributed by atoms with van der Waals surface area (Å²) in [5, 5.41) is 2.48. The van der Waals surface area contributed by atoms with E-state index in [0.717, 1.165) is 10.1 Å². The molecule has 136 valence electrons. The van der Waals surface area contributed by atoms with E-state index in [-0.39, 0.29) is 24.5 Å². The molecular weight excluding hydrogens is 336 g/mol. The van der Waals surface area contributed by atoms with Crippen LogP contribution in [0.4, 0.5) is 0 Å². The number of hydrogen-bond acceptors (Lipinski definition) is 5. The van der Waals surface area contributed by atoms with Gasteiger partial charge in [-0.1, -0.05) is 30.3 Å². The van der Waals surface area contributed by atoms with Gasteiger partial charge < -0.3 is 14.6 Å². The average Bonchev–Trinajstić information content (AvgIpc) is 2.62.